The van der Waals surface area contributed by atoms with E-state index < -0.39 is 0 Å². The van der Waals surface area contributed by atoms with Crippen LogP contribution in [0.15, 0.2) is 41.8 Å². The number of fused-ring (bicyclic) bond motifs is 1. The Kier molecular flexibility index (Phi) is 3.14. The molecule has 0 amide bonds. The molecule has 1 fully saturated rings. The van der Waals surface area contributed by atoms with Crippen molar-refractivity contribution < 1.29 is 0 Å². The third-order valence-electron chi connectivity index (χ3n) is 4.34. The summed E-state index contributed by atoms with van der Waals surface area (Å²) in [6.07, 6.45) is 4.09. The predicted molar refractivity (Wildman–Crippen MR) is 88.8 cm³/mol. The van der Waals surface area contributed by atoms with Crippen molar-refractivity contribution in [1.82, 2.24) is 0 Å². The van der Waals surface area contributed by atoms with E-state index in [1.54, 1.807) is 11.3 Å². The monoisotopic (exact) mass is 299 g/mol. The van der Waals surface area contributed by atoms with E-state index in [1.807, 2.05) is 11.3 Å². The normalized spacial score (nSPS) is 17.2. The Hall–Kier alpha value is -1.16. The SMILES string of the molecule is NC(c1ccc(C2CCC2)cc1)c1cc2sccc2s1. The van der Waals surface area contributed by atoms with Gasteiger partial charge in [-0.05, 0) is 47.4 Å². The van der Waals surface area contributed by atoms with E-state index in [2.05, 4.69) is 41.8 Å². The Bertz CT molecular complexity index is 690. The minimum Gasteiger partial charge on any atom is -0.320 e. The van der Waals surface area contributed by atoms with Gasteiger partial charge in [0.25, 0.3) is 0 Å². The fraction of sp³-hybridized carbons (Fsp3) is 0.294. The second-order valence-electron chi connectivity index (χ2n) is 5.57. The topological polar surface area (TPSA) is 26.0 Å². The van der Waals surface area contributed by atoms with Crippen LogP contribution in [0.25, 0.3) is 9.40 Å². The molecule has 2 heterocycles. The second-order valence-corrected chi connectivity index (χ2v) is 7.63. The van der Waals surface area contributed by atoms with Crippen LogP contribution in [0.5, 0.6) is 0 Å². The average molecular weight is 299 g/mol. The van der Waals surface area contributed by atoms with Crippen LogP contribution in [0.2, 0.25) is 0 Å². The Morgan fingerprint density at radius 2 is 1.85 bits per heavy atom. The number of benzene rings is 1. The molecule has 102 valence electrons. The summed E-state index contributed by atoms with van der Waals surface area (Å²) in [6, 6.07) is 13.4. The van der Waals surface area contributed by atoms with E-state index in [9.17, 15) is 0 Å². The van der Waals surface area contributed by atoms with E-state index in [0.717, 1.165) is 5.92 Å². The standard InChI is InChI=1S/C17H17NS2/c18-17(16-10-15-14(20-16)8-9-19-15)13-6-4-12(5-7-13)11-2-1-3-11/h4-11,17H,1-3,18H2. The van der Waals surface area contributed by atoms with Crippen molar-refractivity contribution in [2.75, 3.05) is 0 Å². The van der Waals surface area contributed by atoms with Gasteiger partial charge in [-0.15, -0.1) is 22.7 Å². The van der Waals surface area contributed by atoms with Gasteiger partial charge in [-0.2, -0.15) is 0 Å². The lowest BCUT2D eigenvalue weighted by Crippen LogP contribution is -2.12. The quantitative estimate of drug-likeness (QED) is 0.699. The van der Waals surface area contributed by atoms with Gasteiger partial charge in [-0.1, -0.05) is 30.7 Å². The van der Waals surface area contributed by atoms with Gasteiger partial charge in [0.15, 0.2) is 0 Å². The number of hydrogen-bond acceptors (Lipinski definition) is 3. The predicted octanol–water partition coefficient (Wildman–Crippen LogP) is 5.28. The van der Waals surface area contributed by atoms with Crippen LogP contribution in [-0.4, -0.2) is 0 Å². The maximum absolute atomic E-state index is 6.43. The minimum atomic E-state index is 0.00930. The second kappa shape index (κ2) is 4.99. The Labute approximate surface area is 127 Å². The average Bonchev–Trinajstić information content (AvgIpc) is 2.97. The summed E-state index contributed by atoms with van der Waals surface area (Å²) >= 11 is 3.61. The van der Waals surface area contributed by atoms with E-state index in [1.165, 1.54) is 44.7 Å². The summed E-state index contributed by atoms with van der Waals surface area (Å²) < 4.78 is 2.71. The van der Waals surface area contributed by atoms with Gasteiger partial charge in [0.1, 0.15) is 0 Å². The van der Waals surface area contributed by atoms with Gasteiger partial charge in [-0.25, -0.2) is 0 Å². The molecule has 3 heteroatoms. The van der Waals surface area contributed by atoms with Crippen LogP contribution in [0.3, 0.4) is 0 Å². The number of hydrogen-bond donors (Lipinski definition) is 1. The van der Waals surface area contributed by atoms with E-state index in [-0.39, 0.29) is 6.04 Å². The molecular formula is C17H17NS2. The molecule has 20 heavy (non-hydrogen) atoms. The van der Waals surface area contributed by atoms with Crippen molar-refractivity contribution in [3.8, 4) is 0 Å². The molecule has 0 bridgehead atoms. The highest BCUT2D eigenvalue weighted by molar-refractivity contribution is 7.27. The highest BCUT2D eigenvalue weighted by Gasteiger charge is 2.20. The molecule has 1 aliphatic rings. The van der Waals surface area contributed by atoms with Crippen molar-refractivity contribution in [2.45, 2.75) is 31.2 Å². The Morgan fingerprint density at radius 3 is 2.50 bits per heavy atom. The number of rotatable bonds is 3. The molecule has 3 aromatic rings. The first-order valence-electron chi connectivity index (χ1n) is 7.13. The molecule has 0 radical (unpaired) electrons. The lowest BCUT2D eigenvalue weighted by atomic mass is 9.80. The molecule has 1 unspecified atom stereocenters. The van der Waals surface area contributed by atoms with Crippen LogP contribution in [0.4, 0.5) is 0 Å². The largest absolute Gasteiger partial charge is 0.320 e. The third kappa shape index (κ3) is 2.10. The zero-order valence-corrected chi connectivity index (χ0v) is 12.8. The first kappa shape index (κ1) is 12.6. The summed E-state index contributed by atoms with van der Waals surface area (Å²) in [6.45, 7) is 0. The molecule has 1 aliphatic carbocycles. The van der Waals surface area contributed by atoms with Gasteiger partial charge in [0.2, 0.25) is 0 Å². The first-order valence-corrected chi connectivity index (χ1v) is 8.83. The molecule has 2 aromatic heterocycles. The zero-order valence-electron chi connectivity index (χ0n) is 11.2. The molecule has 1 aromatic carbocycles. The summed E-state index contributed by atoms with van der Waals surface area (Å²) in [5.74, 6) is 0.798. The molecule has 2 N–H and O–H groups in total. The van der Waals surface area contributed by atoms with Crippen LogP contribution in [0, 0.1) is 0 Å². The molecule has 1 atom stereocenters. The molecule has 1 saturated carbocycles. The first-order chi connectivity index (χ1) is 9.81. The van der Waals surface area contributed by atoms with Crippen LogP contribution >= 0.6 is 22.7 Å². The van der Waals surface area contributed by atoms with Crippen LogP contribution < -0.4 is 5.73 Å². The van der Waals surface area contributed by atoms with Crippen molar-refractivity contribution >= 4 is 32.1 Å². The van der Waals surface area contributed by atoms with Crippen molar-refractivity contribution in [3.05, 3.63) is 57.8 Å². The number of thiophene rings is 2. The van der Waals surface area contributed by atoms with Gasteiger partial charge in [-0.3, -0.25) is 0 Å². The van der Waals surface area contributed by atoms with Gasteiger partial charge in [0.05, 0.1) is 6.04 Å². The lowest BCUT2D eigenvalue weighted by molar-refractivity contribution is 0.419. The van der Waals surface area contributed by atoms with E-state index in [0.29, 0.717) is 0 Å². The third-order valence-corrected chi connectivity index (χ3v) is 6.51. The molecule has 0 aliphatic heterocycles. The molecule has 0 spiro atoms. The molecule has 0 saturated heterocycles. The molecule has 1 nitrogen and oxygen atoms in total. The molecule has 4 rings (SSSR count). The van der Waals surface area contributed by atoms with Gasteiger partial charge in [0, 0.05) is 14.3 Å². The van der Waals surface area contributed by atoms with Crippen molar-refractivity contribution in [2.24, 2.45) is 5.73 Å². The fourth-order valence-corrected chi connectivity index (χ4v) is 4.97. The Morgan fingerprint density at radius 1 is 1.05 bits per heavy atom. The summed E-state index contributed by atoms with van der Waals surface area (Å²) in [5.41, 5.74) is 9.14. The summed E-state index contributed by atoms with van der Waals surface area (Å²) in [5, 5.41) is 2.14. The Balaban J connectivity index is 1.60. The fourth-order valence-electron chi connectivity index (χ4n) is 2.82. The highest BCUT2D eigenvalue weighted by atomic mass is 32.1. The number of nitrogens with two attached hydrogens (primary N) is 1. The van der Waals surface area contributed by atoms with Gasteiger partial charge >= 0.3 is 0 Å². The minimum absolute atomic E-state index is 0.00930. The smallest absolute Gasteiger partial charge is 0.0646 e. The summed E-state index contributed by atoms with van der Waals surface area (Å²) in [7, 11) is 0. The summed E-state index contributed by atoms with van der Waals surface area (Å²) in [4.78, 5) is 1.27. The highest BCUT2D eigenvalue weighted by Crippen LogP contribution is 2.38. The maximum atomic E-state index is 6.43. The van der Waals surface area contributed by atoms with Crippen molar-refractivity contribution in [1.29, 1.82) is 0 Å². The molecular weight excluding hydrogens is 282 g/mol. The van der Waals surface area contributed by atoms with Crippen molar-refractivity contribution in [3.63, 3.8) is 0 Å². The lowest BCUT2D eigenvalue weighted by Gasteiger charge is -2.26. The van der Waals surface area contributed by atoms with E-state index >= 15 is 0 Å². The van der Waals surface area contributed by atoms with Crippen LogP contribution in [0.1, 0.15) is 47.2 Å². The van der Waals surface area contributed by atoms with Crippen LogP contribution in [-0.2, 0) is 0 Å². The maximum Gasteiger partial charge on any atom is 0.0646 e. The van der Waals surface area contributed by atoms with Gasteiger partial charge < -0.3 is 5.73 Å². The zero-order chi connectivity index (χ0) is 13.5. The van der Waals surface area contributed by atoms with E-state index in [4.69, 9.17) is 5.73 Å².